The van der Waals surface area contributed by atoms with Gasteiger partial charge < -0.3 is 9.47 Å². The summed E-state index contributed by atoms with van der Waals surface area (Å²) in [7, 11) is 0. The van der Waals surface area contributed by atoms with Crippen LogP contribution in [0.25, 0.3) is 6.08 Å². The van der Waals surface area contributed by atoms with Crippen LogP contribution >= 0.6 is 22.9 Å². The molecule has 192 valence electrons. The molecule has 1 aliphatic rings. The molecule has 0 N–H and O–H groups in total. The van der Waals surface area contributed by atoms with Crippen LogP contribution in [0.5, 0.6) is 5.75 Å². The number of esters is 1. The Balaban J connectivity index is 1.61. The van der Waals surface area contributed by atoms with E-state index in [1.165, 1.54) is 11.3 Å². The molecule has 0 fully saturated rings. The zero-order chi connectivity index (χ0) is 26.6. The van der Waals surface area contributed by atoms with Crippen molar-refractivity contribution in [3.63, 3.8) is 0 Å². The molecule has 38 heavy (non-hydrogen) atoms. The SMILES string of the molecule is CCOC(=O)C1=C(C)N=c2s/c(=C/c3ccccc3OCc3ccccc3)c(=O)n2[C@@H]1c1ccc(Cl)cc1. The van der Waals surface area contributed by atoms with Crippen molar-refractivity contribution < 1.29 is 14.3 Å². The Labute approximate surface area is 228 Å². The maximum Gasteiger partial charge on any atom is 0.338 e. The monoisotopic (exact) mass is 544 g/mol. The molecular weight excluding hydrogens is 520 g/mol. The van der Waals surface area contributed by atoms with E-state index in [4.69, 9.17) is 21.1 Å². The summed E-state index contributed by atoms with van der Waals surface area (Å²) in [5.41, 5.74) is 3.17. The Kier molecular flexibility index (Phi) is 7.58. The van der Waals surface area contributed by atoms with Crippen molar-refractivity contribution in [2.75, 3.05) is 6.61 Å². The Morgan fingerprint density at radius 1 is 1.05 bits per heavy atom. The first-order valence-electron chi connectivity index (χ1n) is 12.2. The summed E-state index contributed by atoms with van der Waals surface area (Å²) < 4.78 is 13.5. The lowest BCUT2D eigenvalue weighted by Gasteiger charge is -2.24. The highest BCUT2D eigenvalue weighted by Crippen LogP contribution is 2.31. The lowest BCUT2D eigenvalue weighted by Crippen LogP contribution is -2.39. The van der Waals surface area contributed by atoms with Gasteiger partial charge >= 0.3 is 5.97 Å². The summed E-state index contributed by atoms with van der Waals surface area (Å²) in [5.74, 6) is 0.169. The molecule has 0 unspecified atom stereocenters. The first-order chi connectivity index (χ1) is 18.5. The number of thiazole rings is 1. The van der Waals surface area contributed by atoms with Crippen LogP contribution in [0.2, 0.25) is 5.02 Å². The van der Waals surface area contributed by atoms with E-state index in [0.29, 0.717) is 38.0 Å². The smallest absolute Gasteiger partial charge is 0.338 e. The molecule has 0 saturated carbocycles. The van der Waals surface area contributed by atoms with E-state index in [0.717, 1.165) is 16.7 Å². The number of benzene rings is 3. The van der Waals surface area contributed by atoms with Crippen LogP contribution in [0.3, 0.4) is 0 Å². The third-order valence-electron chi connectivity index (χ3n) is 6.15. The fourth-order valence-corrected chi connectivity index (χ4v) is 5.52. The summed E-state index contributed by atoms with van der Waals surface area (Å²) in [5, 5.41) is 0.562. The number of carbonyl (C=O) groups excluding carboxylic acids is 1. The van der Waals surface area contributed by atoms with Gasteiger partial charge in [0.2, 0.25) is 0 Å². The second-order valence-corrected chi connectivity index (χ2v) is 10.1. The minimum Gasteiger partial charge on any atom is -0.488 e. The van der Waals surface area contributed by atoms with Gasteiger partial charge in [-0.1, -0.05) is 83.6 Å². The molecule has 1 aliphatic heterocycles. The number of para-hydroxylation sites is 1. The van der Waals surface area contributed by atoms with Crippen LogP contribution in [0.4, 0.5) is 0 Å². The van der Waals surface area contributed by atoms with E-state index >= 15 is 0 Å². The predicted molar refractivity (Wildman–Crippen MR) is 149 cm³/mol. The molecule has 0 radical (unpaired) electrons. The second kappa shape index (κ2) is 11.2. The molecule has 6 nitrogen and oxygen atoms in total. The molecule has 0 spiro atoms. The van der Waals surface area contributed by atoms with Crippen molar-refractivity contribution in [2.45, 2.75) is 26.5 Å². The number of carbonyl (C=O) groups is 1. The maximum atomic E-state index is 13.8. The first kappa shape index (κ1) is 25.7. The summed E-state index contributed by atoms with van der Waals surface area (Å²) in [6.07, 6.45) is 1.81. The Morgan fingerprint density at radius 3 is 2.50 bits per heavy atom. The van der Waals surface area contributed by atoms with Gasteiger partial charge in [0.05, 0.1) is 28.5 Å². The average Bonchev–Trinajstić information content (AvgIpc) is 3.22. The second-order valence-electron chi connectivity index (χ2n) is 8.67. The van der Waals surface area contributed by atoms with Crippen molar-refractivity contribution >= 4 is 35.0 Å². The molecule has 1 atom stereocenters. The Hall–Kier alpha value is -3.94. The number of hydrogen-bond donors (Lipinski definition) is 0. The summed E-state index contributed by atoms with van der Waals surface area (Å²) >= 11 is 7.40. The fourth-order valence-electron chi connectivity index (χ4n) is 4.36. The molecule has 8 heteroatoms. The number of nitrogens with zero attached hydrogens (tertiary/aromatic N) is 2. The maximum absolute atomic E-state index is 13.8. The van der Waals surface area contributed by atoms with Crippen molar-refractivity contribution in [3.05, 3.63) is 132 Å². The van der Waals surface area contributed by atoms with E-state index in [9.17, 15) is 9.59 Å². The minimum atomic E-state index is -0.686. The van der Waals surface area contributed by atoms with E-state index in [1.807, 2.05) is 72.8 Å². The van der Waals surface area contributed by atoms with Gasteiger partial charge in [0, 0.05) is 10.6 Å². The van der Waals surface area contributed by atoms with Crippen molar-refractivity contribution in [3.8, 4) is 5.75 Å². The van der Waals surface area contributed by atoms with Gasteiger partial charge in [-0.15, -0.1) is 0 Å². The van der Waals surface area contributed by atoms with E-state index < -0.39 is 12.0 Å². The van der Waals surface area contributed by atoms with Crippen LogP contribution < -0.4 is 19.6 Å². The van der Waals surface area contributed by atoms with E-state index in [-0.39, 0.29) is 12.2 Å². The van der Waals surface area contributed by atoms with Crippen LogP contribution in [0.15, 0.2) is 99.9 Å². The van der Waals surface area contributed by atoms with Gasteiger partial charge in [-0.2, -0.15) is 0 Å². The molecule has 0 bridgehead atoms. The van der Waals surface area contributed by atoms with Crippen LogP contribution in [0, 0.1) is 0 Å². The standard InChI is InChI=1S/C30H25ClN2O4S/c1-3-36-29(35)26-19(2)32-30-33(27(26)21-13-15-23(31)16-14-21)28(34)25(38-30)17-22-11-7-8-12-24(22)37-18-20-9-5-4-6-10-20/h4-17,27H,3,18H2,1-2H3/b25-17+/t27-/m1/s1. The van der Waals surface area contributed by atoms with Crippen LogP contribution in [0.1, 0.15) is 36.6 Å². The zero-order valence-electron chi connectivity index (χ0n) is 20.9. The Morgan fingerprint density at radius 2 is 1.76 bits per heavy atom. The highest BCUT2D eigenvalue weighted by atomic mass is 35.5. The van der Waals surface area contributed by atoms with E-state index in [1.54, 1.807) is 30.5 Å². The summed E-state index contributed by atoms with van der Waals surface area (Å²) in [6.45, 7) is 4.13. The lowest BCUT2D eigenvalue weighted by molar-refractivity contribution is -0.139. The molecule has 0 amide bonds. The number of hydrogen-bond acceptors (Lipinski definition) is 6. The van der Waals surface area contributed by atoms with Crippen LogP contribution in [-0.2, 0) is 16.1 Å². The van der Waals surface area contributed by atoms with Crippen molar-refractivity contribution in [1.29, 1.82) is 0 Å². The Bertz CT molecular complexity index is 1690. The van der Waals surface area contributed by atoms with Gasteiger partial charge in [-0.05, 0) is 49.2 Å². The molecule has 2 heterocycles. The zero-order valence-corrected chi connectivity index (χ0v) is 22.5. The van der Waals surface area contributed by atoms with Crippen molar-refractivity contribution in [2.24, 2.45) is 4.99 Å². The lowest BCUT2D eigenvalue weighted by atomic mass is 9.96. The average molecular weight is 545 g/mol. The normalized spacial score (nSPS) is 15.1. The number of fused-ring (bicyclic) bond motifs is 1. The third kappa shape index (κ3) is 5.21. The highest BCUT2D eigenvalue weighted by Gasteiger charge is 2.33. The number of rotatable bonds is 7. The summed E-state index contributed by atoms with van der Waals surface area (Å²) in [4.78, 5) is 32.0. The molecule has 5 rings (SSSR count). The number of allylic oxidation sites excluding steroid dienone is 1. The molecule has 0 saturated heterocycles. The third-order valence-corrected chi connectivity index (χ3v) is 7.38. The molecule has 3 aromatic carbocycles. The molecular formula is C30H25ClN2O4S. The quantitative estimate of drug-likeness (QED) is 0.306. The highest BCUT2D eigenvalue weighted by molar-refractivity contribution is 7.07. The minimum absolute atomic E-state index is 0.215. The number of ether oxygens (including phenoxy) is 2. The van der Waals surface area contributed by atoms with Gasteiger partial charge in [0.1, 0.15) is 12.4 Å². The number of halogens is 1. The number of aromatic nitrogens is 1. The van der Waals surface area contributed by atoms with Gasteiger partial charge in [-0.25, -0.2) is 9.79 Å². The summed E-state index contributed by atoms with van der Waals surface area (Å²) in [6, 6.07) is 23.9. The van der Waals surface area contributed by atoms with E-state index in [2.05, 4.69) is 4.99 Å². The molecule has 1 aromatic heterocycles. The topological polar surface area (TPSA) is 69.9 Å². The predicted octanol–water partition coefficient (Wildman–Crippen LogP) is 5.03. The molecule has 4 aromatic rings. The van der Waals surface area contributed by atoms with Gasteiger partial charge in [0.25, 0.3) is 5.56 Å². The van der Waals surface area contributed by atoms with Crippen LogP contribution in [-0.4, -0.2) is 17.1 Å². The van der Waals surface area contributed by atoms with Crippen molar-refractivity contribution in [1.82, 2.24) is 4.57 Å². The van der Waals surface area contributed by atoms with Gasteiger partial charge in [0.15, 0.2) is 4.80 Å². The molecule has 0 aliphatic carbocycles. The van der Waals surface area contributed by atoms with Gasteiger partial charge in [-0.3, -0.25) is 9.36 Å². The largest absolute Gasteiger partial charge is 0.488 e. The first-order valence-corrected chi connectivity index (χ1v) is 13.4. The fraction of sp³-hybridized carbons (Fsp3) is 0.167.